The number of carbonyl (C=O) groups is 1. The number of hydrogen-bond donors (Lipinski definition) is 0. The third-order valence-corrected chi connectivity index (χ3v) is 7.15. The molecule has 8 nitrogen and oxygen atoms in total. The van der Waals surface area contributed by atoms with E-state index in [-0.39, 0.29) is 11.7 Å². The van der Waals surface area contributed by atoms with Gasteiger partial charge in [-0.05, 0) is 49.1 Å². The lowest BCUT2D eigenvalue weighted by atomic mass is 9.81. The predicted molar refractivity (Wildman–Crippen MR) is 139 cm³/mol. The highest BCUT2D eigenvalue weighted by atomic mass is 16.5. The van der Waals surface area contributed by atoms with Crippen LogP contribution in [0.15, 0.2) is 42.5 Å². The van der Waals surface area contributed by atoms with Crippen molar-refractivity contribution in [1.29, 1.82) is 0 Å². The van der Waals surface area contributed by atoms with Crippen molar-refractivity contribution in [2.45, 2.75) is 25.7 Å². The van der Waals surface area contributed by atoms with Crippen molar-refractivity contribution in [2.24, 2.45) is 0 Å². The zero-order valence-electron chi connectivity index (χ0n) is 21.3. The number of piperazine rings is 1. The molecular formula is C28H32N4O4. The Bertz CT molecular complexity index is 1230. The van der Waals surface area contributed by atoms with E-state index in [4.69, 9.17) is 24.2 Å². The molecule has 1 atom stereocenters. The molecule has 2 heterocycles. The van der Waals surface area contributed by atoms with Crippen molar-refractivity contribution in [3.63, 3.8) is 0 Å². The molecule has 0 unspecified atom stereocenters. The molecule has 1 aliphatic heterocycles. The van der Waals surface area contributed by atoms with Crippen LogP contribution in [0.5, 0.6) is 17.2 Å². The number of aromatic nitrogens is 2. The van der Waals surface area contributed by atoms with Gasteiger partial charge in [-0.2, -0.15) is 0 Å². The molecule has 8 heteroatoms. The molecule has 0 amide bonds. The number of carbonyl (C=O) groups excluding carboxylic acids is 1. The number of ketones is 1. The van der Waals surface area contributed by atoms with Crippen molar-refractivity contribution >= 4 is 17.4 Å². The molecule has 0 N–H and O–H groups in total. The summed E-state index contributed by atoms with van der Waals surface area (Å²) >= 11 is 0. The van der Waals surface area contributed by atoms with E-state index in [1.165, 1.54) is 5.69 Å². The van der Waals surface area contributed by atoms with Crippen LogP contribution in [0, 0.1) is 6.92 Å². The van der Waals surface area contributed by atoms with Gasteiger partial charge in [0.2, 0.25) is 11.7 Å². The molecule has 0 spiro atoms. The lowest BCUT2D eigenvalue weighted by Crippen LogP contribution is -2.47. The first-order chi connectivity index (χ1) is 17.5. The van der Waals surface area contributed by atoms with E-state index in [0.29, 0.717) is 41.6 Å². The summed E-state index contributed by atoms with van der Waals surface area (Å²) in [6.07, 6.45) is 1.05. The molecule has 1 saturated heterocycles. The standard InChI is InChI=1S/C28H32N4O4/c1-18-26-22(30-28(29-18)32-12-10-31(11-13-32)21-8-6-5-7-9-21)14-19(15-23(26)33)20-16-24(34-2)27(36-4)25(17-20)35-3/h5-9,16-17,19H,10-15H2,1-4H3/t19-/m0/s1. The topological polar surface area (TPSA) is 77.0 Å². The summed E-state index contributed by atoms with van der Waals surface area (Å²) < 4.78 is 16.5. The van der Waals surface area contributed by atoms with Crippen LogP contribution in [0.25, 0.3) is 0 Å². The Hall–Kier alpha value is -3.81. The summed E-state index contributed by atoms with van der Waals surface area (Å²) in [5.74, 6) is 2.46. The lowest BCUT2D eigenvalue weighted by molar-refractivity contribution is 0.0961. The number of aryl methyl sites for hydroxylation is 1. The molecule has 1 aliphatic carbocycles. The van der Waals surface area contributed by atoms with Gasteiger partial charge >= 0.3 is 0 Å². The maximum atomic E-state index is 13.2. The Morgan fingerprint density at radius 3 is 2.08 bits per heavy atom. The van der Waals surface area contributed by atoms with Crippen molar-refractivity contribution in [3.8, 4) is 17.2 Å². The van der Waals surface area contributed by atoms with Gasteiger partial charge in [0.15, 0.2) is 17.3 Å². The lowest BCUT2D eigenvalue weighted by Gasteiger charge is -2.36. The van der Waals surface area contributed by atoms with Gasteiger partial charge < -0.3 is 24.0 Å². The van der Waals surface area contributed by atoms with Gasteiger partial charge in [-0.3, -0.25) is 4.79 Å². The SMILES string of the molecule is COc1cc([C@@H]2CC(=O)c3c(C)nc(N4CCN(c5ccccc5)CC4)nc3C2)cc(OC)c1OC. The van der Waals surface area contributed by atoms with Crippen molar-refractivity contribution < 1.29 is 19.0 Å². The van der Waals surface area contributed by atoms with Gasteiger partial charge in [0, 0.05) is 38.3 Å². The van der Waals surface area contributed by atoms with E-state index >= 15 is 0 Å². The van der Waals surface area contributed by atoms with Crippen LogP contribution < -0.4 is 24.0 Å². The second-order valence-corrected chi connectivity index (χ2v) is 9.23. The zero-order valence-corrected chi connectivity index (χ0v) is 21.3. The Morgan fingerprint density at radius 2 is 1.47 bits per heavy atom. The largest absolute Gasteiger partial charge is 0.493 e. The van der Waals surface area contributed by atoms with Gasteiger partial charge in [-0.15, -0.1) is 0 Å². The Morgan fingerprint density at radius 1 is 0.833 bits per heavy atom. The molecule has 2 aromatic carbocycles. The van der Waals surface area contributed by atoms with E-state index in [9.17, 15) is 4.79 Å². The van der Waals surface area contributed by atoms with E-state index in [1.807, 2.05) is 25.1 Å². The molecule has 5 rings (SSSR count). The van der Waals surface area contributed by atoms with Crippen LogP contribution in [0.3, 0.4) is 0 Å². The minimum atomic E-state index is -0.0317. The molecule has 1 aromatic heterocycles. The predicted octanol–water partition coefficient (Wildman–Crippen LogP) is 4.05. The van der Waals surface area contributed by atoms with Crippen LogP contribution in [0.2, 0.25) is 0 Å². The molecule has 0 radical (unpaired) electrons. The fraction of sp³-hybridized carbons (Fsp3) is 0.393. The highest BCUT2D eigenvalue weighted by Crippen LogP contribution is 2.43. The Balaban J connectivity index is 1.40. The highest BCUT2D eigenvalue weighted by molar-refractivity contribution is 5.99. The first-order valence-corrected chi connectivity index (χ1v) is 12.3. The normalized spacial score (nSPS) is 17.6. The number of rotatable bonds is 6. The summed E-state index contributed by atoms with van der Waals surface area (Å²) in [6.45, 7) is 5.38. The summed E-state index contributed by atoms with van der Waals surface area (Å²) in [7, 11) is 4.78. The number of Topliss-reactive ketones (excluding diaryl/α,β-unsaturated/α-hetero) is 1. The number of nitrogens with zero attached hydrogens (tertiary/aromatic N) is 4. The number of para-hydroxylation sites is 1. The second-order valence-electron chi connectivity index (χ2n) is 9.23. The van der Waals surface area contributed by atoms with Crippen molar-refractivity contribution in [3.05, 3.63) is 65.0 Å². The third kappa shape index (κ3) is 4.43. The van der Waals surface area contributed by atoms with E-state index in [0.717, 1.165) is 43.1 Å². The molecule has 1 fully saturated rings. The average Bonchev–Trinajstić information content (AvgIpc) is 2.92. The van der Waals surface area contributed by atoms with Crippen LogP contribution in [0.1, 0.15) is 39.6 Å². The molecule has 3 aromatic rings. The number of ether oxygens (including phenoxy) is 3. The van der Waals surface area contributed by atoms with Gasteiger partial charge in [0.25, 0.3) is 0 Å². The molecule has 0 bridgehead atoms. The van der Waals surface area contributed by atoms with Crippen LogP contribution >= 0.6 is 0 Å². The first-order valence-electron chi connectivity index (χ1n) is 12.3. The van der Waals surface area contributed by atoms with Crippen LogP contribution in [-0.4, -0.2) is 63.3 Å². The quantitative estimate of drug-likeness (QED) is 0.514. The minimum absolute atomic E-state index is 0.0317. The number of fused-ring (bicyclic) bond motifs is 1. The average molecular weight is 489 g/mol. The smallest absolute Gasteiger partial charge is 0.225 e. The van der Waals surface area contributed by atoms with Gasteiger partial charge in [-0.1, -0.05) is 18.2 Å². The summed E-state index contributed by atoms with van der Waals surface area (Å²) in [5, 5.41) is 0. The molecule has 0 saturated carbocycles. The van der Waals surface area contributed by atoms with Crippen LogP contribution in [0.4, 0.5) is 11.6 Å². The third-order valence-electron chi connectivity index (χ3n) is 7.15. The maximum Gasteiger partial charge on any atom is 0.225 e. The minimum Gasteiger partial charge on any atom is -0.493 e. The van der Waals surface area contributed by atoms with Crippen molar-refractivity contribution in [1.82, 2.24) is 9.97 Å². The number of hydrogen-bond acceptors (Lipinski definition) is 8. The summed E-state index contributed by atoms with van der Waals surface area (Å²) in [4.78, 5) is 27.5. The van der Waals surface area contributed by atoms with Gasteiger partial charge in [0.05, 0.1) is 38.3 Å². The van der Waals surface area contributed by atoms with E-state index < -0.39 is 0 Å². The summed E-state index contributed by atoms with van der Waals surface area (Å²) in [5.41, 5.74) is 4.45. The van der Waals surface area contributed by atoms with Crippen LogP contribution in [-0.2, 0) is 6.42 Å². The Labute approximate surface area is 211 Å². The number of anilines is 2. The zero-order chi connectivity index (χ0) is 25.2. The van der Waals surface area contributed by atoms with E-state index in [1.54, 1.807) is 21.3 Å². The molecule has 188 valence electrons. The maximum absolute atomic E-state index is 13.2. The van der Waals surface area contributed by atoms with Crippen molar-refractivity contribution in [2.75, 3.05) is 57.3 Å². The first kappa shape index (κ1) is 23.9. The second kappa shape index (κ2) is 10.0. The van der Waals surface area contributed by atoms with E-state index in [2.05, 4.69) is 34.1 Å². The molecule has 36 heavy (non-hydrogen) atoms. The van der Waals surface area contributed by atoms with Gasteiger partial charge in [0.1, 0.15) is 0 Å². The molecular weight excluding hydrogens is 456 g/mol. The number of methoxy groups -OCH3 is 3. The fourth-order valence-electron chi connectivity index (χ4n) is 5.28. The molecule has 2 aliphatic rings. The fourth-order valence-corrected chi connectivity index (χ4v) is 5.28. The highest BCUT2D eigenvalue weighted by Gasteiger charge is 2.32. The Kier molecular flexibility index (Phi) is 6.67. The monoisotopic (exact) mass is 488 g/mol. The van der Waals surface area contributed by atoms with Gasteiger partial charge in [-0.25, -0.2) is 9.97 Å². The summed E-state index contributed by atoms with van der Waals surface area (Å²) in [6, 6.07) is 14.3. The number of benzene rings is 2.